The predicted molar refractivity (Wildman–Crippen MR) is 220 cm³/mol. The summed E-state index contributed by atoms with van der Waals surface area (Å²) in [5.41, 5.74) is 1.19. The number of anilines is 2. The molecule has 0 heterocycles. The smallest absolute Gasteiger partial charge is 0.259 e. The summed E-state index contributed by atoms with van der Waals surface area (Å²) in [6, 6.07) is 31.0. The van der Waals surface area contributed by atoms with Crippen LogP contribution in [-0.2, 0) is 0 Å². The van der Waals surface area contributed by atoms with E-state index in [2.05, 4.69) is 31.1 Å². The molecular formula is C40H23Cl5N6O4. The van der Waals surface area contributed by atoms with Crippen molar-refractivity contribution in [2.75, 3.05) is 10.6 Å². The minimum atomic E-state index is -0.684. The van der Waals surface area contributed by atoms with E-state index in [0.717, 1.165) is 0 Å². The van der Waals surface area contributed by atoms with E-state index in [9.17, 15) is 19.8 Å². The Kier molecular flexibility index (Phi) is 10.9. The molecule has 0 aliphatic heterocycles. The van der Waals surface area contributed by atoms with Crippen LogP contribution in [0.15, 0.2) is 136 Å². The second-order valence-electron chi connectivity index (χ2n) is 11.9. The number of fused-ring (bicyclic) bond motifs is 2. The highest BCUT2D eigenvalue weighted by Gasteiger charge is 2.21. The van der Waals surface area contributed by atoms with Crippen LogP contribution in [0.25, 0.3) is 21.5 Å². The van der Waals surface area contributed by atoms with E-state index in [0.29, 0.717) is 43.0 Å². The van der Waals surface area contributed by atoms with Crippen LogP contribution in [0.3, 0.4) is 0 Å². The van der Waals surface area contributed by atoms with Gasteiger partial charge in [0.25, 0.3) is 11.8 Å². The van der Waals surface area contributed by atoms with E-state index in [4.69, 9.17) is 58.0 Å². The summed E-state index contributed by atoms with van der Waals surface area (Å²) in [7, 11) is 0. The zero-order valence-corrected chi connectivity index (χ0v) is 31.6. The zero-order valence-electron chi connectivity index (χ0n) is 27.9. The summed E-state index contributed by atoms with van der Waals surface area (Å²) >= 11 is 30.8. The van der Waals surface area contributed by atoms with E-state index in [1.165, 1.54) is 42.5 Å². The Morgan fingerprint density at radius 3 is 1.42 bits per heavy atom. The van der Waals surface area contributed by atoms with Gasteiger partial charge < -0.3 is 20.8 Å². The number of rotatable bonds is 8. The third-order valence-electron chi connectivity index (χ3n) is 8.29. The number of aromatic hydroxyl groups is 2. The van der Waals surface area contributed by atoms with Crippen molar-refractivity contribution >= 4 is 125 Å². The van der Waals surface area contributed by atoms with Crippen LogP contribution < -0.4 is 10.6 Å². The number of phenols is 2. The number of carbonyl (C=O) groups excluding carboxylic acids is 2. The molecule has 0 atom stereocenters. The maximum absolute atomic E-state index is 13.6. The number of nitrogens with zero attached hydrogens (tertiary/aromatic N) is 4. The largest absolute Gasteiger partial charge is 0.505 e. The summed E-state index contributed by atoms with van der Waals surface area (Å²) in [4.78, 5) is 27.1. The normalized spacial score (nSPS) is 11.5. The number of carbonyl (C=O) groups is 2. The number of benzene rings is 7. The van der Waals surface area contributed by atoms with E-state index >= 15 is 0 Å². The monoisotopic (exact) mass is 826 g/mol. The molecule has 7 rings (SSSR count). The van der Waals surface area contributed by atoms with Crippen molar-refractivity contribution in [1.29, 1.82) is 0 Å². The second-order valence-corrected chi connectivity index (χ2v) is 13.9. The number of amides is 2. The van der Waals surface area contributed by atoms with Gasteiger partial charge in [-0.3, -0.25) is 9.59 Å². The van der Waals surface area contributed by atoms with Gasteiger partial charge in [-0.1, -0.05) is 107 Å². The molecule has 10 nitrogen and oxygen atoms in total. The van der Waals surface area contributed by atoms with Crippen molar-refractivity contribution < 1.29 is 19.8 Å². The number of halogens is 5. The average Bonchev–Trinajstić information content (AvgIpc) is 3.17. The minimum Gasteiger partial charge on any atom is -0.505 e. The Morgan fingerprint density at radius 1 is 0.473 bits per heavy atom. The first-order valence-electron chi connectivity index (χ1n) is 16.1. The fraction of sp³-hybridized carbons (Fsp3) is 0. The number of nitrogens with one attached hydrogen (secondary N) is 2. The first-order chi connectivity index (χ1) is 26.5. The summed E-state index contributed by atoms with van der Waals surface area (Å²) in [6.45, 7) is 0. The lowest BCUT2D eigenvalue weighted by molar-refractivity contribution is 0.101. The molecule has 4 N–H and O–H groups in total. The van der Waals surface area contributed by atoms with Crippen molar-refractivity contribution in [3.8, 4) is 11.5 Å². The first-order valence-corrected chi connectivity index (χ1v) is 18.0. The van der Waals surface area contributed by atoms with Crippen molar-refractivity contribution in [3.63, 3.8) is 0 Å². The van der Waals surface area contributed by atoms with Crippen LogP contribution in [0, 0.1) is 0 Å². The first kappa shape index (κ1) is 37.6. The molecule has 0 saturated heterocycles. The molecule has 2 amide bonds. The predicted octanol–water partition coefficient (Wildman–Crippen LogP) is 14.0. The lowest BCUT2D eigenvalue weighted by atomic mass is 10.0. The van der Waals surface area contributed by atoms with Gasteiger partial charge in [0.05, 0.1) is 53.3 Å². The third kappa shape index (κ3) is 8.05. The quantitative estimate of drug-likeness (QED) is 0.113. The van der Waals surface area contributed by atoms with E-state index in [-0.39, 0.29) is 48.9 Å². The van der Waals surface area contributed by atoms with Crippen molar-refractivity contribution in [1.82, 2.24) is 0 Å². The fourth-order valence-electron chi connectivity index (χ4n) is 5.58. The van der Waals surface area contributed by atoms with Crippen molar-refractivity contribution in [2.45, 2.75) is 0 Å². The fourth-order valence-corrected chi connectivity index (χ4v) is 6.39. The summed E-state index contributed by atoms with van der Waals surface area (Å²) in [5.74, 6) is -2.16. The number of azo groups is 2. The molecule has 0 radical (unpaired) electrons. The van der Waals surface area contributed by atoms with Crippen LogP contribution in [0.2, 0.25) is 25.1 Å². The van der Waals surface area contributed by atoms with Crippen LogP contribution >= 0.6 is 58.0 Å². The van der Waals surface area contributed by atoms with Gasteiger partial charge in [0, 0.05) is 16.5 Å². The van der Waals surface area contributed by atoms with Gasteiger partial charge in [0.1, 0.15) is 11.4 Å². The average molecular weight is 829 g/mol. The summed E-state index contributed by atoms with van der Waals surface area (Å²) in [5, 5.41) is 48.5. The molecule has 0 fully saturated rings. The number of phenolic OH excluding ortho intramolecular Hbond substituents is 2. The minimum absolute atomic E-state index is 0.0643. The molecule has 7 aromatic rings. The van der Waals surface area contributed by atoms with E-state index in [1.807, 2.05) is 0 Å². The topological polar surface area (TPSA) is 148 Å². The molecule has 0 saturated carbocycles. The molecular weight excluding hydrogens is 806 g/mol. The molecule has 272 valence electrons. The highest BCUT2D eigenvalue weighted by molar-refractivity contribution is 6.42. The zero-order chi connectivity index (χ0) is 38.8. The Labute approximate surface area is 337 Å². The molecule has 0 spiro atoms. The molecule has 55 heavy (non-hydrogen) atoms. The lowest BCUT2D eigenvalue weighted by Crippen LogP contribution is -2.14. The SMILES string of the molecule is O=C(Nc1ccc(NC(=O)c2cc3ccccc3c(N=Nc3ccc(Cl)c(Cl)c3)c2O)c(Cl)c1)c1cc2ccccc2c(N=Nc2ccc(Cl)c(Cl)c2)c1O. The van der Waals surface area contributed by atoms with Gasteiger partial charge in [-0.2, -0.15) is 10.2 Å². The highest BCUT2D eigenvalue weighted by atomic mass is 35.5. The second kappa shape index (κ2) is 15.9. The van der Waals surface area contributed by atoms with Crippen LogP contribution in [-0.4, -0.2) is 22.0 Å². The molecule has 0 bridgehead atoms. The Balaban J connectivity index is 1.13. The maximum atomic E-state index is 13.6. The molecule has 0 aliphatic rings. The molecule has 7 aromatic carbocycles. The van der Waals surface area contributed by atoms with Gasteiger partial charge in [0.2, 0.25) is 0 Å². The van der Waals surface area contributed by atoms with E-state index in [1.54, 1.807) is 72.8 Å². The molecule has 0 aliphatic carbocycles. The van der Waals surface area contributed by atoms with Crippen LogP contribution in [0.1, 0.15) is 20.7 Å². The molecule has 15 heteroatoms. The summed E-state index contributed by atoms with van der Waals surface area (Å²) in [6.07, 6.45) is 0. The van der Waals surface area contributed by atoms with Gasteiger partial charge in [-0.05, 0) is 77.5 Å². The highest BCUT2D eigenvalue weighted by Crippen LogP contribution is 2.42. The van der Waals surface area contributed by atoms with E-state index < -0.39 is 23.3 Å². The van der Waals surface area contributed by atoms with Crippen molar-refractivity contribution in [2.24, 2.45) is 20.5 Å². The van der Waals surface area contributed by atoms with Crippen molar-refractivity contribution in [3.05, 3.63) is 152 Å². The Bertz CT molecular complexity index is 2760. The van der Waals surface area contributed by atoms with Crippen LogP contribution in [0.4, 0.5) is 34.1 Å². The lowest BCUT2D eigenvalue weighted by Gasteiger charge is -2.14. The Hall–Kier alpha value is -5.75. The molecule has 0 unspecified atom stereocenters. The Morgan fingerprint density at radius 2 is 0.945 bits per heavy atom. The number of hydrogen-bond donors (Lipinski definition) is 4. The summed E-state index contributed by atoms with van der Waals surface area (Å²) < 4.78 is 0. The molecule has 0 aromatic heterocycles. The van der Waals surface area contributed by atoms with Gasteiger partial charge in [0.15, 0.2) is 11.5 Å². The maximum Gasteiger partial charge on any atom is 0.259 e. The van der Waals surface area contributed by atoms with Gasteiger partial charge in [-0.15, -0.1) is 10.2 Å². The standard InChI is InChI=1S/C40H23Cl5N6O4/c41-29-12-9-23(18-31(29)43)48-50-35-25-7-3-1-5-20(25)15-27(37(35)52)39(54)46-22-11-14-34(33(45)17-22)47-40(55)28-16-21-6-2-4-8-26(21)36(38(28)53)51-49-24-10-13-30(42)32(44)19-24/h1-19,52-53H,(H,46,54)(H,47,55). The third-order valence-corrected chi connectivity index (χ3v) is 10.1. The van der Waals surface area contributed by atoms with Gasteiger partial charge in [-0.25, -0.2) is 0 Å². The van der Waals surface area contributed by atoms with Crippen LogP contribution in [0.5, 0.6) is 11.5 Å². The van der Waals surface area contributed by atoms with Gasteiger partial charge >= 0.3 is 0 Å². The number of hydrogen-bond acceptors (Lipinski definition) is 8.